The molecule has 0 aliphatic carbocycles. The molecule has 0 radical (unpaired) electrons. The zero-order valence-electron chi connectivity index (χ0n) is 20.0. The largest absolute Gasteiger partial charge is 0.416 e. The number of amides is 1. The van der Waals surface area contributed by atoms with Gasteiger partial charge in [-0.15, -0.1) is 0 Å². The zero-order valence-corrected chi connectivity index (χ0v) is 20.0. The molecule has 3 aromatic rings. The van der Waals surface area contributed by atoms with Crippen LogP contribution in [0.2, 0.25) is 0 Å². The van der Waals surface area contributed by atoms with E-state index in [1.54, 1.807) is 0 Å². The quantitative estimate of drug-likeness (QED) is 0.347. The van der Waals surface area contributed by atoms with Crippen LogP contribution < -0.4 is 11.1 Å². The Hall–Kier alpha value is -3.36. The molecular weight excluding hydrogens is 465 g/mol. The van der Waals surface area contributed by atoms with Gasteiger partial charge < -0.3 is 16.0 Å². The Kier molecular flexibility index (Phi) is 8.28. The van der Waals surface area contributed by atoms with Crippen LogP contribution in [0.15, 0.2) is 78.9 Å². The number of nitrogens with two attached hydrogens (primary N) is 1. The van der Waals surface area contributed by atoms with Crippen molar-refractivity contribution >= 4 is 11.6 Å². The lowest BCUT2D eigenvalue weighted by atomic mass is 9.96. The first-order chi connectivity index (χ1) is 17.3. The number of nitrogens with one attached hydrogen (secondary N) is 1. The summed E-state index contributed by atoms with van der Waals surface area (Å²) in [5, 5.41) is 2.77. The Balaban J connectivity index is 1.25. The van der Waals surface area contributed by atoms with Crippen molar-refractivity contribution in [2.75, 3.05) is 45.0 Å². The summed E-state index contributed by atoms with van der Waals surface area (Å²) in [6, 6.07) is 24.1. The van der Waals surface area contributed by atoms with Gasteiger partial charge in [0.1, 0.15) is 0 Å². The van der Waals surface area contributed by atoms with Gasteiger partial charge in [0.05, 0.1) is 17.2 Å². The highest BCUT2D eigenvalue weighted by molar-refractivity contribution is 5.99. The molecule has 0 bridgehead atoms. The van der Waals surface area contributed by atoms with Gasteiger partial charge in [-0.25, -0.2) is 0 Å². The highest BCUT2D eigenvalue weighted by atomic mass is 19.4. The Bertz CT molecular complexity index is 1090. The minimum Gasteiger partial charge on any atom is -0.398 e. The molecule has 190 valence electrons. The van der Waals surface area contributed by atoms with Crippen LogP contribution in [0.3, 0.4) is 0 Å². The van der Waals surface area contributed by atoms with Crippen LogP contribution in [-0.4, -0.2) is 55.0 Å². The summed E-state index contributed by atoms with van der Waals surface area (Å²) in [7, 11) is 0. The van der Waals surface area contributed by atoms with Crippen molar-refractivity contribution in [1.29, 1.82) is 0 Å². The molecule has 0 atom stereocenters. The fraction of sp³-hybridized carbons (Fsp3) is 0.321. The van der Waals surface area contributed by atoms with Crippen molar-refractivity contribution in [2.24, 2.45) is 0 Å². The summed E-state index contributed by atoms with van der Waals surface area (Å²) in [6.45, 7) is 4.98. The number of carbonyl (C=O) groups is 1. The molecule has 36 heavy (non-hydrogen) atoms. The third-order valence-electron chi connectivity index (χ3n) is 6.56. The third-order valence-corrected chi connectivity index (χ3v) is 6.56. The number of benzene rings is 3. The van der Waals surface area contributed by atoms with Gasteiger partial charge in [0.15, 0.2) is 0 Å². The molecule has 1 amide bonds. The van der Waals surface area contributed by atoms with E-state index in [1.807, 2.05) is 12.1 Å². The SMILES string of the molecule is Nc1cc(C(F)(F)F)ccc1C(=O)NCCCN1CCN(C(c2ccccc2)c2ccccc2)CC1. The number of hydrogen-bond donors (Lipinski definition) is 2. The lowest BCUT2D eigenvalue weighted by Crippen LogP contribution is -2.48. The molecule has 1 aliphatic heterocycles. The summed E-state index contributed by atoms with van der Waals surface area (Å²) in [4.78, 5) is 17.3. The molecule has 0 aromatic heterocycles. The fourth-order valence-electron chi connectivity index (χ4n) is 4.68. The molecule has 0 unspecified atom stereocenters. The summed E-state index contributed by atoms with van der Waals surface area (Å²) >= 11 is 0. The van der Waals surface area contributed by atoms with E-state index in [2.05, 4.69) is 63.6 Å². The third kappa shape index (κ3) is 6.44. The van der Waals surface area contributed by atoms with Crippen molar-refractivity contribution in [3.8, 4) is 0 Å². The van der Waals surface area contributed by atoms with Gasteiger partial charge >= 0.3 is 6.18 Å². The second kappa shape index (κ2) is 11.6. The van der Waals surface area contributed by atoms with Crippen molar-refractivity contribution in [3.63, 3.8) is 0 Å². The molecule has 4 rings (SSSR count). The minimum atomic E-state index is -4.49. The maximum atomic E-state index is 12.8. The Labute approximate surface area is 209 Å². The van der Waals surface area contributed by atoms with Crippen LogP contribution in [0.25, 0.3) is 0 Å². The van der Waals surface area contributed by atoms with Gasteiger partial charge in [-0.3, -0.25) is 9.69 Å². The fourth-order valence-corrected chi connectivity index (χ4v) is 4.68. The predicted molar refractivity (Wildman–Crippen MR) is 136 cm³/mol. The monoisotopic (exact) mass is 496 g/mol. The molecule has 8 heteroatoms. The molecule has 1 heterocycles. The Morgan fingerprint density at radius 2 is 1.47 bits per heavy atom. The molecule has 1 aliphatic rings. The second-order valence-corrected chi connectivity index (χ2v) is 9.01. The van der Waals surface area contributed by atoms with Crippen LogP contribution in [0.5, 0.6) is 0 Å². The zero-order chi connectivity index (χ0) is 25.5. The number of alkyl halides is 3. The lowest BCUT2D eigenvalue weighted by molar-refractivity contribution is -0.137. The topological polar surface area (TPSA) is 61.6 Å². The maximum Gasteiger partial charge on any atom is 0.416 e. The van der Waals surface area contributed by atoms with Crippen LogP contribution in [-0.2, 0) is 6.18 Å². The van der Waals surface area contributed by atoms with E-state index in [1.165, 1.54) is 11.1 Å². The first kappa shape index (κ1) is 25.7. The van der Waals surface area contributed by atoms with Crippen molar-refractivity contribution in [2.45, 2.75) is 18.6 Å². The summed E-state index contributed by atoms with van der Waals surface area (Å²) < 4.78 is 38.4. The van der Waals surface area contributed by atoms with Crippen LogP contribution in [0.4, 0.5) is 18.9 Å². The van der Waals surface area contributed by atoms with Gasteiger partial charge in [0, 0.05) is 38.4 Å². The van der Waals surface area contributed by atoms with E-state index >= 15 is 0 Å². The number of nitrogen functional groups attached to an aromatic ring is 1. The van der Waals surface area contributed by atoms with Crippen LogP contribution >= 0.6 is 0 Å². The highest BCUT2D eigenvalue weighted by Crippen LogP contribution is 2.31. The minimum absolute atomic E-state index is 0.0597. The van der Waals surface area contributed by atoms with Crippen molar-refractivity contribution in [1.82, 2.24) is 15.1 Å². The number of rotatable bonds is 8. The van der Waals surface area contributed by atoms with Crippen molar-refractivity contribution in [3.05, 3.63) is 101 Å². The average molecular weight is 497 g/mol. The normalized spacial score (nSPS) is 15.2. The molecule has 0 spiro atoms. The Morgan fingerprint density at radius 3 is 2.00 bits per heavy atom. The van der Waals surface area contributed by atoms with E-state index < -0.39 is 17.6 Å². The van der Waals surface area contributed by atoms with E-state index in [-0.39, 0.29) is 17.3 Å². The lowest BCUT2D eigenvalue weighted by Gasteiger charge is -2.39. The molecule has 3 N–H and O–H groups in total. The number of anilines is 1. The Morgan fingerprint density at radius 1 is 0.889 bits per heavy atom. The highest BCUT2D eigenvalue weighted by Gasteiger charge is 2.31. The number of piperazine rings is 1. The van der Waals surface area contributed by atoms with Gasteiger partial charge in [-0.1, -0.05) is 60.7 Å². The molecule has 0 saturated carbocycles. The van der Waals surface area contributed by atoms with Gasteiger partial charge in [0.2, 0.25) is 0 Å². The number of nitrogens with zero attached hydrogens (tertiary/aromatic N) is 2. The van der Waals surface area contributed by atoms with E-state index in [0.717, 1.165) is 57.3 Å². The number of hydrogen-bond acceptors (Lipinski definition) is 4. The standard InChI is InChI=1S/C28H31F3N4O/c29-28(30,31)23-12-13-24(25(32)20-23)27(36)33-14-7-15-34-16-18-35(19-17-34)26(21-8-3-1-4-9-21)22-10-5-2-6-11-22/h1-6,8-13,20,26H,7,14-19,32H2,(H,33,36). The van der Waals surface area contributed by atoms with E-state index in [0.29, 0.717) is 6.54 Å². The smallest absolute Gasteiger partial charge is 0.398 e. The van der Waals surface area contributed by atoms with Gasteiger partial charge in [0.25, 0.3) is 5.91 Å². The molecule has 5 nitrogen and oxygen atoms in total. The van der Waals surface area contributed by atoms with Crippen LogP contribution in [0, 0.1) is 0 Å². The molecular formula is C28H31F3N4O. The number of carbonyl (C=O) groups excluding carboxylic acids is 1. The first-order valence-corrected chi connectivity index (χ1v) is 12.1. The summed E-state index contributed by atoms with van der Waals surface area (Å²) in [5.41, 5.74) is 7.27. The average Bonchev–Trinajstić information content (AvgIpc) is 2.88. The predicted octanol–water partition coefficient (Wildman–Crippen LogP) is 4.81. The van der Waals surface area contributed by atoms with Gasteiger partial charge in [-0.05, 0) is 42.3 Å². The van der Waals surface area contributed by atoms with Crippen LogP contribution in [0.1, 0.15) is 39.5 Å². The van der Waals surface area contributed by atoms with E-state index in [4.69, 9.17) is 5.73 Å². The first-order valence-electron chi connectivity index (χ1n) is 12.1. The molecule has 1 saturated heterocycles. The number of halogens is 3. The molecule has 3 aromatic carbocycles. The second-order valence-electron chi connectivity index (χ2n) is 9.01. The summed E-state index contributed by atoms with van der Waals surface area (Å²) in [5.74, 6) is -0.459. The van der Waals surface area contributed by atoms with Crippen molar-refractivity contribution < 1.29 is 18.0 Å². The summed E-state index contributed by atoms with van der Waals surface area (Å²) in [6.07, 6.45) is -3.75. The van der Waals surface area contributed by atoms with E-state index in [9.17, 15) is 18.0 Å². The maximum absolute atomic E-state index is 12.8. The van der Waals surface area contributed by atoms with Gasteiger partial charge in [-0.2, -0.15) is 13.2 Å². The molecule has 1 fully saturated rings.